The van der Waals surface area contributed by atoms with E-state index in [-0.39, 0.29) is 0 Å². The molecule has 0 saturated carbocycles. The second-order valence-electron chi connectivity index (χ2n) is 2.89. The quantitative estimate of drug-likeness (QED) is 0.530. The van der Waals surface area contributed by atoms with Gasteiger partial charge in [0, 0.05) is 24.3 Å². The number of hydrazine groups is 1. The predicted octanol–water partition coefficient (Wildman–Crippen LogP) is 1.20. The van der Waals surface area contributed by atoms with E-state index in [1.807, 2.05) is 24.4 Å². The first kappa shape index (κ1) is 8.16. The molecule has 0 atom stereocenters. The van der Waals surface area contributed by atoms with Crippen LogP contribution in [0.3, 0.4) is 0 Å². The number of hydrogen-bond donors (Lipinski definition) is 2. The van der Waals surface area contributed by atoms with Crippen molar-refractivity contribution in [1.29, 1.82) is 0 Å². The second kappa shape index (κ2) is 3.51. The molecule has 0 spiro atoms. The Hall–Kier alpha value is -1.45. The molecule has 0 unspecified atom stereocenters. The molecule has 0 aliphatic heterocycles. The van der Waals surface area contributed by atoms with Crippen molar-refractivity contribution in [3.8, 4) is 0 Å². The Morgan fingerprint density at radius 3 is 3.08 bits per heavy atom. The van der Waals surface area contributed by atoms with E-state index in [0.717, 1.165) is 5.39 Å². The van der Waals surface area contributed by atoms with Gasteiger partial charge in [-0.05, 0) is 17.0 Å². The van der Waals surface area contributed by atoms with Gasteiger partial charge in [0.2, 0.25) is 0 Å². The average molecular weight is 173 g/mol. The van der Waals surface area contributed by atoms with Crippen molar-refractivity contribution in [3.63, 3.8) is 0 Å². The fourth-order valence-electron chi connectivity index (χ4n) is 1.45. The SMILES string of the molecule is NNCc1cccc2cnccc12. The zero-order chi connectivity index (χ0) is 9.10. The van der Waals surface area contributed by atoms with Crippen LogP contribution in [0.25, 0.3) is 10.8 Å². The van der Waals surface area contributed by atoms with Crippen LogP contribution in [0.4, 0.5) is 0 Å². The van der Waals surface area contributed by atoms with Crippen LogP contribution in [0.2, 0.25) is 0 Å². The van der Waals surface area contributed by atoms with Crippen LogP contribution >= 0.6 is 0 Å². The summed E-state index contributed by atoms with van der Waals surface area (Å²) in [7, 11) is 0. The maximum atomic E-state index is 5.29. The van der Waals surface area contributed by atoms with Gasteiger partial charge in [-0.2, -0.15) is 0 Å². The Bertz CT molecular complexity index is 406. The Morgan fingerprint density at radius 2 is 2.23 bits per heavy atom. The van der Waals surface area contributed by atoms with Crippen molar-refractivity contribution in [3.05, 3.63) is 42.2 Å². The van der Waals surface area contributed by atoms with Crippen LogP contribution in [0, 0.1) is 0 Å². The summed E-state index contributed by atoms with van der Waals surface area (Å²) in [5.74, 6) is 5.29. The molecular formula is C10H11N3. The third-order valence-electron chi connectivity index (χ3n) is 2.06. The highest BCUT2D eigenvalue weighted by atomic mass is 15.2. The summed E-state index contributed by atoms with van der Waals surface area (Å²) >= 11 is 0. The molecule has 66 valence electrons. The van der Waals surface area contributed by atoms with E-state index in [2.05, 4.69) is 16.5 Å². The van der Waals surface area contributed by atoms with Crippen LogP contribution in [0.5, 0.6) is 0 Å². The lowest BCUT2D eigenvalue weighted by molar-refractivity contribution is 0.745. The third kappa shape index (κ3) is 1.52. The summed E-state index contributed by atoms with van der Waals surface area (Å²) < 4.78 is 0. The van der Waals surface area contributed by atoms with E-state index < -0.39 is 0 Å². The molecule has 1 heterocycles. The zero-order valence-electron chi connectivity index (χ0n) is 7.20. The first-order valence-corrected chi connectivity index (χ1v) is 4.17. The van der Waals surface area contributed by atoms with E-state index in [1.54, 1.807) is 6.20 Å². The van der Waals surface area contributed by atoms with Gasteiger partial charge in [-0.3, -0.25) is 16.3 Å². The lowest BCUT2D eigenvalue weighted by Gasteiger charge is -2.04. The van der Waals surface area contributed by atoms with E-state index >= 15 is 0 Å². The number of nitrogens with zero attached hydrogens (tertiary/aromatic N) is 1. The highest BCUT2D eigenvalue weighted by Gasteiger charge is 1.97. The minimum Gasteiger partial charge on any atom is -0.271 e. The zero-order valence-corrected chi connectivity index (χ0v) is 7.20. The van der Waals surface area contributed by atoms with Gasteiger partial charge in [0.15, 0.2) is 0 Å². The minimum atomic E-state index is 0.682. The minimum absolute atomic E-state index is 0.682. The largest absolute Gasteiger partial charge is 0.271 e. The third-order valence-corrected chi connectivity index (χ3v) is 2.06. The molecule has 0 saturated heterocycles. The second-order valence-corrected chi connectivity index (χ2v) is 2.89. The van der Waals surface area contributed by atoms with E-state index in [9.17, 15) is 0 Å². The molecule has 3 heteroatoms. The fourth-order valence-corrected chi connectivity index (χ4v) is 1.45. The predicted molar refractivity (Wildman–Crippen MR) is 52.8 cm³/mol. The van der Waals surface area contributed by atoms with Crippen molar-refractivity contribution in [1.82, 2.24) is 10.4 Å². The Balaban J connectivity index is 2.61. The molecule has 13 heavy (non-hydrogen) atoms. The van der Waals surface area contributed by atoms with Gasteiger partial charge in [0.1, 0.15) is 0 Å². The van der Waals surface area contributed by atoms with Gasteiger partial charge in [-0.15, -0.1) is 0 Å². The normalized spacial score (nSPS) is 10.5. The molecule has 0 amide bonds. The maximum absolute atomic E-state index is 5.29. The van der Waals surface area contributed by atoms with Gasteiger partial charge in [-0.1, -0.05) is 18.2 Å². The highest BCUT2D eigenvalue weighted by Crippen LogP contribution is 2.16. The van der Waals surface area contributed by atoms with Crippen LogP contribution in [-0.2, 0) is 6.54 Å². The summed E-state index contributed by atoms with van der Waals surface area (Å²) in [6, 6.07) is 8.11. The van der Waals surface area contributed by atoms with Crippen molar-refractivity contribution in [2.45, 2.75) is 6.54 Å². The molecule has 2 rings (SSSR count). The lowest BCUT2D eigenvalue weighted by Crippen LogP contribution is -2.20. The number of aromatic nitrogens is 1. The number of nitrogens with two attached hydrogens (primary N) is 1. The molecule has 1 aromatic carbocycles. The van der Waals surface area contributed by atoms with Gasteiger partial charge in [0.05, 0.1) is 0 Å². The number of rotatable bonds is 2. The van der Waals surface area contributed by atoms with Gasteiger partial charge < -0.3 is 0 Å². The topological polar surface area (TPSA) is 50.9 Å². The lowest BCUT2D eigenvalue weighted by atomic mass is 10.1. The molecule has 2 aromatic rings. The summed E-state index contributed by atoms with van der Waals surface area (Å²) in [5, 5.41) is 2.35. The summed E-state index contributed by atoms with van der Waals surface area (Å²) in [6.45, 7) is 0.682. The number of pyridine rings is 1. The fraction of sp³-hybridized carbons (Fsp3) is 0.100. The van der Waals surface area contributed by atoms with Gasteiger partial charge >= 0.3 is 0 Å². The number of benzene rings is 1. The summed E-state index contributed by atoms with van der Waals surface area (Å²) in [5.41, 5.74) is 3.85. The molecule has 0 fully saturated rings. The summed E-state index contributed by atoms with van der Waals surface area (Å²) in [4.78, 5) is 4.06. The molecule has 0 bridgehead atoms. The molecule has 0 aliphatic rings. The molecule has 1 aromatic heterocycles. The Kier molecular flexibility index (Phi) is 2.21. The Morgan fingerprint density at radius 1 is 1.31 bits per heavy atom. The smallest absolute Gasteiger partial charge is 0.0354 e. The molecule has 3 N–H and O–H groups in total. The van der Waals surface area contributed by atoms with Gasteiger partial charge in [-0.25, -0.2) is 0 Å². The van der Waals surface area contributed by atoms with E-state index in [1.165, 1.54) is 10.9 Å². The molecule has 0 aliphatic carbocycles. The Labute approximate surface area is 76.6 Å². The molecule has 0 radical (unpaired) electrons. The number of nitrogens with one attached hydrogen (secondary N) is 1. The maximum Gasteiger partial charge on any atom is 0.0354 e. The van der Waals surface area contributed by atoms with Crippen LogP contribution in [-0.4, -0.2) is 4.98 Å². The number of fused-ring (bicyclic) bond motifs is 1. The van der Waals surface area contributed by atoms with E-state index in [0.29, 0.717) is 6.54 Å². The van der Waals surface area contributed by atoms with Crippen LogP contribution in [0.15, 0.2) is 36.7 Å². The molecular weight excluding hydrogens is 162 g/mol. The highest BCUT2D eigenvalue weighted by molar-refractivity contribution is 5.84. The van der Waals surface area contributed by atoms with Crippen molar-refractivity contribution >= 4 is 10.8 Å². The standard InChI is InChI=1S/C10H11N3/c11-13-7-9-3-1-2-8-6-12-5-4-10(8)9/h1-6,13H,7,11H2. The monoisotopic (exact) mass is 173 g/mol. The van der Waals surface area contributed by atoms with Crippen LogP contribution in [0.1, 0.15) is 5.56 Å². The average Bonchev–Trinajstić information content (AvgIpc) is 2.19. The van der Waals surface area contributed by atoms with Crippen molar-refractivity contribution < 1.29 is 0 Å². The van der Waals surface area contributed by atoms with E-state index in [4.69, 9.17) is 5.84 Å². The van der Waals surface area contributed by atoms with Crippen molar-refractivity contribution in [2.75, 3.05) is 0 Å². The number of hydrogen-bond acceptors (Lipinski definition) is 3. The molecule has 3 nitrogen and oxygen atoms in total. The van der Waals surface area contributed by atoms with Crippen molar-refractivity contribution in [2.24, 2.45) is 5.84 Å². The first-order valence-electron chi connectivity index (χ1n) is 4.17. The first-order chi connectivity index (χ1) is 6.42. The van der Waals surface area contributed by atoms with Crippen LogP contribution < -0.4 is 11.3 Å². The summed E-state index contributed by atoms with van der Waals surface area (Å²) in [6.07, 6.45) is 3.65. The van der Waals surface area contributed by atoms with Gasteiger partial charge in [0.25, 0.3) is 0 Å².